The van der Waals surface area contributed by atoms with Gasteiger partial charge in [0, 0.05) is 42.6 Å². The number of hydrogen-bond donors (Lipinski definition) is 1. The van der Waals surface area contributed by atoms with Crippen molar-refractivity contribution >= 4 is 5.82 Å². The van der Waals surface area contributed by atoms with Crippen LogP contribution in [0.1, 0.15) is 36.0 Å². The predicted molar refractivity (Wildman–Crippen MR) is 90.4 cm³/mol. The van der Waals surface area contributed by atoms with Gasteiger partial charge in [-0.1, -0.05) is 0 Å². The van der Waals surface area contributed by atoms with Crippen molar-refractivity contribution in [3.05, 3.63) is 48.1 Å². The Kier molecular flexibility index (Phi) is 3.68. The van der Waals surface area contributed by atoms with E-state index in [9.17, 15) is 0 Å². The molecule has 1 N–H and O–H groups in total. The second-order valence-electron chi connectivity index (χ2n) is 6.07. The number of rotatable bonds is 3. The molecule has 3 aromatic rings. The fraction of sp³-hybridized carbons (Fsp3) is 0.353. The summed E-state index contributed by atoms with van der Waals surface area (Å²) in [6, 6.07) is 2.17. The van der Waals surface area contributed by atoms with E-state index >= 15 is 0 Å². The smallest absolute Gasteiger partial charge is 0.158 e. The average molecular weight is 321 g/mol. The molecule has 1 fully saturated rings. The standard InChI is InChI=1S/C17H19N7/c1-11-8-14(22-10-21-11)24-7-3-4-13(24)15-16(19-6-5-18-15)17-20-9-12(2)23-17/h5-6,8-10,13H,3-4,7H2,1-2H3,(H,20,23)/t13-/m1/s1. The summed E-state index contributed by atoms with van der Waals surface area (Å²) in [5.74, 6) is 1.71. The number of aryl methyl sites for hydroxylation is 2. The van der Waals surface area contributed by atoms with E-state index < -0.39 is 0 Å². The molecule has 0 unspecified atom stereocenters. The van der Waals surface area contributed by atoms with Crippen molar-refractivity contribution < 1.29 is 0 Å². The first-order valence-corrected chi connectivity index (χ1v) is 8.10. The Hall–Kier alpha value is -2.83. The molecule has 122 valence electrons. The molecule has 1 saturated heterocycles. The van der Waals surface area contributed by atoms with Crippen molar-refractivity contribution in [2.24, 2.45) is 0 Å². The van der Waals surface area contributed by atoms with Crippen LogP contribution in [0.2, 0.25) is 0 Å². The largest absolute Gasteiger partial charge is 0.348 e. The molecule has 0 saturated carbocycles. The molecule has 0 spiro atoms. The lowest BCUT2D eigenvalue weighted by Gasteiger charge is -2.26. The van der Waals surface area contributed by atoms with Gasteiger partial charge in [-0.2, -0.15) is 0 Å². The van der Waals surface area contributed by atoms with Crippen molar-refractivity contribution in [3.8, 4) is 11.5 Å². The number of anilines is 1. The first-order valence-electron chi connectivity index (χ1n) is 8.10. The van der Waals surface area contributed by atoms with Crippen LogP contribution in [0.4, 0.5) is 5.82 Å². The highest BCUT2D eigenvalue weighted by Crippen LogP contribution is 2.37. The van der Waals surface area contributed by atoms with Gasteiger partial charge in [-0.15, -0.1) is 0 Å². The molecule has 0 aliphatic carbocycles. The zero-order chi connectivity index (χ0) is 16.5. The van der Waals surface area contributed by atoms with E-state index in [0.717, 1.165) is 53.8 Å². The van der Waals surface area contributed by atoms with Gasteiger partial charge in [0.1, 0.15) is 17.8 Å². The fourth-order valence-corrected chi connectivity index (χ4v) is 3.23. The van der Waals surface area contributed by atoms with E-state index in [1.54, 1.807) is 18.7 Å². The maximum Gasteiger partial charge on any atom is 0.158 e. The lowest BCUT2D eigenvalue weighted by Crippen LogP contribution is -2.25. The van der Waals surface area contributed by atoms with Gasteiger partial charge >= 0.3 is 0 Å². The molecule has 4 rings (SSSR count). The normalized spacial score (nSPS) is 17.4. The molecule has 1 aliphatic heterocycles. The van der Waals surface area contributed by atoms with Gasteiger partial charge < -0.3 is 9.88 Å². The van der Waals surface area contributed by atoms with Crippen molar-refractivity contribution in [1.29, 1.82) is 0 Å². The van der Waals surface area contributed by atoms with Crippen LogP contribution >= 0.6 is 0 Å². The summed E-state index contributed by atoms with van der Waals surface area (Å²) >= 11 is 0. The van der Waals surface area contributed by atoms with Gasteiger partial charge in [0.25, 0.3) is 0 Å². The molecular weight excluding hydrogens is 302 g/mol. The summed E-state index contributed by atoms with van der Waals surface area (Å²) < 4.78 is 0. The van der Waals surface area contributed by atoms with E-state index in [0.29, 0.717) is 0 Å². The summed E-state index contributed by atoms with van der Waals surface area (Å²) in [5.41, 5.74) is 3.73. The summed E-state index contributed by atoms with van der Waals surface area (Å²) in [7, 11) is 0. The SMILES string of the molecule is Cc1cc(N2CCC[C@@H]2c2nccnc2-c2ncc(C)[nH]2)ncn1. The van der Waals surface area contributed by atoms with E-state index in [2.05, 4.69) is 34.8 Å². The number of hydrogen-bond acceptors (Lipinski definition) is 6. The van der Waals surface area contributed by atoms with Crippen LogP contribution < -0.4 is 4.90 Å². The zero-order valence-corrected chi connectivity index (χ0v) is 13.8. The monoisotopic (exact) mass is 321 g/mol. The third-order valence-corrected chi connectivity index (χ3v) is 4.31. The first-order chi connectivity index (χ1) is 11.7. The van der Waals surface area contributed by atoms with Gasteiger partial charge in [0.05, 0.1) is 11.7 Å². The predicted octanol–water partition coefficient (Wildman–Crippen LogP) is 2.62. The Morgan fingerprint density at radius 2 is 1.96 bits per heavy atom. The second kappa shape index (κ2) is 5.99. The van der Waals surface area contributed by atoms with Crippen LogP contribution in [0.5, 0.6) is 0 Å². The van der Waals surface area contributed by atoms with Crippen molar-refractivity contribution in [2.75, 3.05) is 11.4 Å². The number of H-pyrrole nitrogens is 1. The summed E-state index contributed by atoms with van der Waals surface area (Å²) in [4.78, 5) is 27.8. The average Bonchev–Trinajstić information content (AvgIpc) is 3.24. The molecule has 0 bridgehead atoms. The Morgan fingerprint density at radius 1 is 1.08 bits per heavy atom. The lowest BCUT2D eigenvalue weighted by molar-refractivity contribution is 0.683. The van der Waals surface area contributed by atoms with E-state index in [-0.39, 0.29) is 6.04 Å². The molecule has 7 nitrogen and oxygen atoms in total. The van der Waals surface area contributed by atoms with E-state index in [1.165, 1.54) is 0 Å². The van der Waals surface area contributed by atoms with Crippen molar-refractivity contribution in [1.82, 2.24) is 29.9 Å². The molecule has 24 heavy (non-hydrogen) atoms. The van der Waals surface area contributed by atoms with Crippen molar-refractivity contribution in [2.45, 2.75) is 32.7 Å². The molecule has 7 heteroatoms. The van der Waals surface area contributed by atoms with E-state index in [1.807, 2.05) is 26.1 Å². The first kappa shape index (κ1) is 14.7. The second-order valence-corrected chi connectivity index (χ2v) is 6.07. The number of aromatic amines is 1. The highest BCUT2D eigenvalue weighted by atomic mass is 15.2. The minimum atomic E-state index is 0.147. The Balaban J connectivity index is 1.75. The fourth-order valence-electron chi connectivity index (χ4n) is 3.23. The molecule has 4 heterocycles. The van der Waals surface area contributed by atoms with E-state index in [4.69, 9.17) is 0 Å². The summed E-state index contributed by atoms with van der Waals surface area (Å²) in [6.45, 7) is 4.92. The van der Waals surface area contributed by atoms with Crippen LogP contribution in [0, 0.1) is 13.8 Å². The molecule has 0 amide bonds. The van der Waals surface area contributed by atoms with Gasteiger partial charge in [-0.3, -0.25) is 4.98 Å². The number of aromatic nitrogens is 6. The quantitative estimate of drug-likeness (QED) is 0.798. The number of imidazole rings is 1. The molecule has 3 aromatic heterocycles. The van der Waals surface area contributed by atoms with Crippen molar-refractivity contribution in [3.63, 3.8) is 0 Å². The molecule has 0 aromatic carbocycles. The number of nitrogens with one attached hydrogen (secondary N) is 1. The number of nitrogens with zero attached hydrogens (tertiary/aromatic N) is 6. The van der Waals surface area contributed by atoms with Crippen LogP contribution in [0.15, 0.2) is 31.0 Å². The molecule has 0 radical (unpaired) electrons. The van der Waals surface area contributed by atoms with Crippen LogP contribution in [-0.2, 0) is 0 Å². The Labute approximate surface area is 140 Å². The third kappa shape index (κ3) is 2.62. The summed E-state index contributed by atoms with van der Waals surface area (Å²) in [6.07, 6.45) is 9.01. The Bertz CT molecular complexity index is 857. The molecule has 1 atom stereocenters. The van der Waals surface area contributed by atoms with Gasteiger partial charge in [-0.25, -0.2) is 19.9 Å². The Morgan fingerprint density at radius 3 is 2.75 bits per heavy atom. The lowest BCUT2D eigenvalue weighted by atomic mass is 10.1. The maximum absolute atomic E-state index is 4.64. The highest BCUT2D eigenvalue weighted by Gasteiger charge is 2.31. The van der Waals surface area contributed by atoms with Gasteiger partial charge in [-0.05, 0) is 26.7 Å². The van der Waals surface area contributed by atoms with Crippen LogP contribution in [0.25, 0.3) is 11.5 Å². The minimum absolute atomic E-state index is 0.147. The topological polar surface area (TPSA) is 83.5 Å². The molecule has 1 aliphatic rings. The maximum atomic E-state index is 4.64. The minimum Gasteiger partial charge on any atom is -0.348 e. The zero-order valence-electron chi connectivity index (χ0n) is 13.8. The van der Waals surface area contributed by atoms with Gasteiger partial charge in [0.2, 0.25) is 0 Å². The van der Waals surface area contributed by atoms with Gasteiger partial charge in [0.15, 0.2) is 5.82 Å². The molecular formula is C17H19N7. The summed E-state index contributed by atoms with van der Waals surface area (Å²) in [5, 5.41) is 0. The van der Waals surface area contributed by atoms with Crippen LogP contribution in [0.3, 0.4) is 0 Å². The third-order valence-electron chi connectivity index (χ3n) is 4.31. The van der Waals surface area contributed by atoms with Crippen LogP contribution in [-0.4, -0.2) is 36.4 Å². The highest BCUT2D eigenvalue weighted by molar-refractivity contribution is 5.56.